The lowest BCUT2D eigenvalue weighted by atomic mass is 10.2. The summed E-state index contributed by atoms with van der Waals surface area (Å²) in [6.45, 7) is 1.81. The van der Waals surface area contributed by atoms with E-state index in [1.165, 1.54) is 12.1 Å². The van der Waals surface area contributed by atoms with Gasteiger partial charge in [0.05, 0.1) is 6.61 Å². The molecule has 0 aromatic heterocycles. The van der Waals surface area contributed by atoms with Gasteiger partial charge in [0.15, 0.2) is 5.75 Å². The minimum absolute atomic E-state index is 0.0576. The van der Waals surface area contributed by atoms with Crippen molar-refractivity contribution in [3.8, 4) is 5.75 Å². The Labute approximate surface area is 106 Å². The predicted octanol–water partition coefficient (Wildman–Crippen LogP) is 0.375. The summed E-state index contributed by atoms with van der Waals surface area (Å²) in [5.74, 6) is -1.37. The van der Waals surface area contributed by atoms with Gasteiger partial charge in [0.25, 0.3) is 0 Å². The van der Waals surface area contributed by atoms with Gasteiger partial charge >= 0.3 is 5.97 Å². The molecule has 2 N–H and O–H groups in total. The molecule has 6 nitrogen and oxygen atoms in total. The Bertz CT molecular complexity index is 495. The van der Waals surface area contributed by atoms with Gasteiger partial charge in [-0.25, -0.2) is 13.1 Å². The highest BCUT2D eigenvalue weighted by molar-refractivity contribution is 7.90. The zero-order valence-electron chi connectivity index (χ0n) is 9.92. The molecule has 0 spiro atoms. The van der Waals surface area contributed by atoms with Crippen molar-refractivity contribution in [3.63, 3.8) is 0 Å². The van der Waals surface area contributed by atoms with Gasteiger partial charge in [-0.1, -0.05) is 12.1 Å². The van der Waals surface area contributed by atoms with E-state index in [1.807, 2.05) is 0 Å². The van der Waals surface area contributed by atoms with Gasteiger partial charge in [-0.3, -0.25) is 4.79 Å². The van der Waals surface area contributed by atoms with Crippen molar-refractivity contribution in [3.05, 3.63) is 29.8 Å². The fourth-order valence-corrected chi connectivity index (χ4v) is 2.10. The fraction of sp³-hybridized carbons (Fsp3) is 0.364. The molecule has 0 heterocycles. The lowest BCUT2D eigenvalue weighted by Crippen LogP contribution is -2.30. The molecule has 0 saturated heterocycles. The first-order chi connectivity index (χ1) is 8.43. The molecule has 0 aliphatic heterocycles. The molecule has 0 saturated carbocycles. The molecule has 0 radical (unpaired) electrons. The Morgan fingerprint density at radius 3 is 2.50 bits per heavy atom. The summed E-state index contributed by atoms with van der Waals surface area (Å²) >= 11 is 0. The van der Waals surface area contributed by atoms with Crippen LogP contribution in [0.15, 0.2) is 24.3 Å². The maximum absolute atomic E-state index is 11.5. The number of phenols is 1. The molecule has 0 amide bonds. The van der Waals surface area contributed by atoms with Crippen molar-refractivity contribution in [1.29, 1.82) is 0 Å². The lowest BCUT2D eigenvalue weighted by Gasteiger charge is -2.06. The summed E-state index contributed by atoms with van der Waals surface area (Å²) in [5.41, 5.74) is 0.681. The minimum atomic E-state index is -3.70. The van der Waals surface area contributed by atoms with Gasteiger partial charge in [0.1, 0.15) is 5.75 Å². The van der Waals surface area contributed by atoms with Crippen LogP contribution in [0.3, 0.4) is 0 Å². The summed E-state index contributed by atoms with van der Waals surface area (Å²) in [5, 5.41) is 9.06. The Hall–Kier alpha value is -1.60. The molecule has 0 fully saturated rings. The normalized spacial score (nSPS) is 11.2. The second-order valence-electron chi connectivity index (χ2n) is 3.55. The van der Waals surface area contributed by atoms with Gasteiger partial charge in [0, 0.05) is 6.54 Å². The zero-order valence-corrected chi connectivity index (χ0v) is 10.7. The zero-order chi connectivity index (χ0) is 13.6. The molecule has 1 aromatic carbocycles. The second-order valence-corrected chi connectivity index (χ2v) is 5.36. The van der Waals surface area contributed by atoms with Gasteiger partial charge in [-0.05, 0) is 24.6 Å². The van der Waals surface area contributed by atoms with Gasteiger partial charge in [-0.2, -0.15) is 0 Å². The van der Waals surface area contributed by atoms with E-state index in [2.05, 4.69) is 9.46 Å². The average Bonchev–Trinajstić information content (AvgIpc) is 2.28. The second kappa shape index (κ2) is 6.36. The van der Waals surface area contributed by atoms with Crippen LogP contribution < -0.4 is 4.72 Å². The number of nitrogens with one attached hydrogen (secondary N) is 1. The summed E-state index contributed by atoms with van der Waals surface area (Å²) < 4.78 is 29.8. The highest BCUT2D eigenvalue weighted by atomic mass is 32.2. The molecular formula is C11H15NO5S. The molecule has 0 aliphatic rings. The Kier molecular flexibility index (Phi) is 5.11. The van der Waals surface area contributed by atoms with Crippen LogP contribution in [0.5, 0.6) is 5.75 Å². The molecule has 18 heavy (non-hydrogen) atoms. The lowest BCUT2D eigenvalue weighted by molar-refractivity contribution is -0.139. The molecule has 100 valence electrons. The van der Waals surface area contributed by atoms with Crippen LogP contribution in [-0.2, 0) is 26.1 Å². The molecule has 1 aromatic rings. The number of esters is 1. The monoisotopic (exact) mass is 273 g/mol. The number of phenolic OH excluding ortho intramolecular Hbond substituents is 1. The summed E-state index contributed by atoms with van der Waals surface area (Å²) in [6, 6.07) is 6.08. The topological polar surface area (TPSA) is 92.7 Å². The maximum Gasteiger partial charge on any atom is 0.322 e. The smallest absolute Gasteiger partial charge is 0.322 e. The Morgan fingerprint density at radius 1 is 1.33 bits per heavy atom. The average molecular weight is 273 g/mol. The number of carbonyl (C=O) groups excluding carboxylic acids is 1. The number of carbonyl (C=O) groups is 1. The van der Waals surface area contributed by atoms with Gasteiger partial charge in [0.2, 0.25) is 10.0 Å². The van der Waals surface area contributed by atoms with Crippen LogP contribution in [0.1, 0.15) is 12.5 Å². The third-order valence-corrected chi connectivity index (χ3v) is 3.25. The standard InChI is InChI=1S/C11H15NO5S/c1-2-17-11(14)8-18(15,16)12-7-9-3-5-10(13)6-4-9/h3-6,12-13H,2,7-8H2,1H3. The third-order valence-electron chi connectivity index (χ3n) is 2.05. The molecule has 1 rings (SSSR count). The summed E-state index contributed by atoms with van der Waals surface area (Å²) in [4.78, 5) is 11.0. The predicted molar refractivity (Wildman–Crippen MR) is 65.4 cm³/mol. The molecular weight excluding hydrogens is 258 g/mol. The number of aromatic hydroxyl groups is 1. The first kappa shape index (κ1) is 14.5. The first-order valence-corrected chi connectivity index (χ1v) is 6.99. The van der Waals surface area contributed by atoms with E-state index in [4.69, 9.17) is 5.11 Å². The quantitative estimate of drug-likeness (QED) is 0.731. The molecule has 0 aliphatic carbocycles. The highest BCUT2D eigenvalue weighted by Gasteiger charge is 2.16. The van der Waals surface area contributed by atoms with E-state index in [1.54, 1.807) is 19.1 Å². The Balaban J connectivity index is 2.51. The SMILES string of the molecule is CCOC(=O)CS(=O)(=O)NCc1ccc(O)cc1. The van der Waals surface area contributed by atoms with Gasteiger partial charge < -0.3 is 9.84 Å². The van der Waals surface area contributed by atoms with Crippen LogP contribution in [0.2, 0.25) is 0 Å². The maximum atomic E-state index is 11.5. The largest absolute Gasteiger partial charge is 0.508 e. The van der Waals surface area contributed by atoms with E-state index in [-0.39, 0.29) is 18.9 Å². The third kappa shape index (κ3) is 5.15. The highest BCUT2D eigenvalue weighted by Crippen LogP contribution is 2.09. The number of hydrogen-bond acceptors (Lipinski definition) is 5. The van der Waals surface area contributed by atoms with Crippen LogP contribution in [0.4, 0.5) is 0 Å². The number of rotatable bonds is 6. The number of hydrogen-bond donors (Lipinski definition) is 2. The number of ether oxygens (including phenoxy) is 1. The van der Waals surface area contributed by atoms with Crippen LogP contribution in [0.25, 0.3) is 0 Å². The van der Waals surface area contributed by atoms with E-state index in [9.17, 15) is 13.2 Å². The molecule has 0 atom stereocenters. The van der Waals surface area contributed by atoms with E-state index < -0.39 is 21.7 Å². The molecule has 7 heteroatoms. The van der Waals surface area contributed by atoms with Crippen molar-refractivity contribution >= 4 is 16.0 Å². The van der Waals surface area contributed by atoms with Crippen molar-refractivity contribution in [2.75, 3.05) is 12.4 Å². The first-order valence-electron chi connectivity index (χ1n) is 5.34. The summed E-state index contributed by atoms with van der Waals surface area (Å²) in [6.07, 6.45) is 0. The van der Waals surface area contributed by atoms with Gasteiger partial charge in [-0.15, -0.1) is 0 Å². The fourth-order valence-electron chi connectivity index (χ4n) is 1.22. The molecule has 0 bridgehead atoms. The van der Waals surface area contributed by atoms with Crippen molar-refractivity contribution in [2.45, 2.75) is 13.5 Å². The van der Waals surface area contributed by atoms with Crippen LogP contribution in [0, 0.1) is 0 Å². The Morgan fingerprint density at radius 2 is 1.94 bits per heavy atom. The van der Waals surface area contributed by atoms with E-state index in [0.29, 0.717) is 5.56 Å². The number of benzene rings is 1. The van der Waals surface area contributed by atoms with E-state index in [0.717, 1.165) is 0 Å². The number of sulfonamides is 1. The molecule has 0 unspecified atom stereocenters. The van der Waals surface area contributed by atoms with Crippen molar-refractivity contribution in [1.82, 2.24) is 4.72 Å². The van der Waals surface area contributed by atoms with Crippen molar-refractivity contribution in [2.24, 2.45) is 0 Å². The van der Waals surface area contributed by atoms with Crippen LogP contribution >= 0.6 is 0 Å². The minimum Gasteiger partial charge on any atom is -0.508 e. The van der Waals surface area contributed by atoms with Crippen molar-refractivity contribution < 1.29 is 23.1 Å². The summed E-state index contributed by atoms with van der Waals surface area (Å²) in [7, 11) is -3.70. The van der Waals surface area contributed by atoms with E-state index >= 15 is 0 Å². The van der Waals surface area contributed by atoms with Crippen LogP contribution in [-0.4, -0.2) is 31.9 Å².